The van der Waals surface area contributed by atoms with Crippen molar-refractivity contribution in [2.45, 2.75) is 0 Å². The molecule has 0 spiro atoms. The van der Waals surface area contributed by atoms with Crippen LogP contribution in [0.3, 0.4) is 0 Å². The average molecular weight is 659 g/mol. The molecule has 0 fully saturated rings. The van der Waals surface area contributed by atoms with E-state index in [1.807, 2.05) is 0 Å². The SMILES string of the molecule is c1ccc(-c2ccc3cc(-c4ccc(-c5ccc6cc(-c7ccc(-c8ccc9c(ccc%10ccccc%109)c8)cc7)ccc6c5)cc4)ccc3c2)cc1. The molecule has 242 valence electrons. The van der Waals surface area contributed by atoms with E-state index >= 15 is 0 Å². The summed E-state index contributed by atoms with van der Waals surface area (Å²) in [5.74, 6) is 0. The molecule has 0 N–H and O–H groups in total. The molecular weight excluding hydrogens is 625 g/mol. The van der Waals surface area contributed by atoms with Gasteiger partial charge in [0.1, 0.15) is 0 Å². The van der Waals surface area contributed by atoms with Crippen molar-refractivity contribution in [1.29, 1.82) is 0 Å². The molecule has 0 atom stereocenters. The third kappa shape index (κ3) is 5.52. The predicted octanol–water partition coefficient (Wildman–Crippen LogP) is 14.6. The lowest BCUT2D eigenvalue weighted by Gasteiger charge is -2.10. The minimum atomic E-state index is 1.22. The van der Waals surface area contributed by atoms with Crippen molar-refractivity contribution in [3.8, 4) is 55.6 Å². The molecule has 0 aliphatic rings. The topological polar surface area (TPSA) is 0 Å². The van der Waals surface area contributed by atoms with Gasteiger partial charge in [0.2, 0.25) is 0 Å². The van der Waals surface area contributed by atoms with Gasteiger partial charge in [-0.25, -0.2) is 0 Å². The average Bonchev–Trinajstić information content (AvgIpc) is 3.23. The number of fused-ring (bicyclic) bond motifs is 5. The van der Waals surface area contributed by atoms with Gasteiger partial charge in [0.15, 0.2) is 0 Å². The van der Waals surface area contributed by atoms with Crippen LogP contribution in [0.25, 0.3) is 98.7 Å². The first-order valence-corrected chi connectivity index (χ1v) is 18.0. The van der Waals surface area contributed by atoms with E-state index < -0.39 is 0 Å². The fourth-order valence-corrected chi connectivity index (χ4v) is 7.74. The molecule has 0 bridgehead atoms. The highest BCUT2D eigenvalue weighted by Gasteiger charge is 2.08. The Bertz CT molecular complexity index is 2910. The Kier molecular flexibility index (Phi) is 7.25. The van der Waals surface area contributed by atoms with Crippen LogP contribution in [0.4, 0.5) is 0 Å². The minimum absolute atomic E-state index is 1.22. The van der Waals surface area contributed by atoms with Crippen molar-refractivity contribution in [3.63, 3.8) is 0 Å². The summed E-state index contributed by atoms with van der Waals surface area (Å²) in [6, 6.07) is 75.5. The van der Waals surface area contributed by atoms with Crippen LogP contribution < -0.4 is 0 Å². The number of hydrogen-bond acceptors (Lipinski definition) is 0. The molecular formula is C52H34. The van der Waals surface area contributed by atoms with Gasteiger partial charge in [-0.2, -0.15) is 0 Å². The predicted molar refractivity (Wildman–Crippen MR) is 224 cm³/mol. The summed E-state index contributed by atoms with van der Waals surface area (Å²) in [7, 11) is 0. The molecule has 0 aliphatic heterocycles. The van der Waals surface area contributed by atoms with Crippen LogP contribution in [0.1, 0.15) is 0 Å². The second-order valence-electron chi connectivity index (χ2n) is 13.8. The second-order valence-corrected chi connectivity index (χ2v) is 13.8. The number of benzene rings is 10. The summed E-state index contributed by atoms with van der Waals surface area (Å²) in [5.41, 5.74) is 12.3. The summed E-state index contributed by atoms with van der Waals surface area (Å²) >= 11 is 0. The van der Waals surface area contributed by atoms with Crippen molar-refractivity contribution in [2.24, 2.45) is 0 Å². The Morgan fingerprint density at radius 3 is 0.904 bits per heavy atom. The second kappa shape index (κ2) is 12.5. The highest BCUT2D eigenvalue weighted by atomic mass is 14.1. The third-order valence-corrected chi connectivity index (χ3v) is 10.6. The molecule has 0 aliphatic carbocycles. The molecule has 10 aromatic carbocycles. The summed E-state index contributed by atoms with van der Waals surface area (Å²) in [6.07, 6.45) is 0. The number of hydrogen-bond donors (Lipinski definition) is 0. The van der Waals surface area contributed by atoms with Gasteiger partial charge in [-0.15, -0.1) is 0 Å². The Balaban J connectivity index is 0.872. The van der Waals surface area contributed by atoms with Gasteiger partial charge in [0.05, 0.1) is 0 Å². The zero-order valence-corrected chi connectivity index (χ0v) is 28.6. The van der Waals surface area contributed by atoms with Gasteiger partial charge in [0, 0.05) is 0 Å². The first-order valence-electron chi connectivity index (χ1n) is 18.0. The zero-order chi connectivity index (χ0) is 34.4. The van der Waals surface area contributed by atoms with E-state index in [-0.39, 0.29) is 0 Å². The maximum Gasteiger partial charge on any atom is -0.0105 e. The lowest BCUT2D eigenvalue weighted by atomic mass is 9.94. The maximum atomic E-state index is 2.31. The highest BCUT2D eigenvalue weighted by Crippen LogP contribution is 2.34. The molecule has 0 heterocycles. The van der Waals surface area contributed by atoms with E-state index in [1.54, 1.807) is 0 Å². The number of rotatable bonds is 5. The van der Waals surface area contributed by atoms with Crippen molar-refractivity contribution in [3.05, 3.63) is 206 Å². The zero-order valence-electron chi connectivity index (χ0n) is 28.6. The molecule has 0 saturated heterocycles. The van der Waals surface area contributed by atoms with E-state index in [4.69, 9.17) is 0 Å². The Morgan fingerprint density at radius 1 is 0.154 bits per heavy atom. The van der Waals surface area contributed by atoms with Crippen LogP contribution in [0.5, 0.6) is 0 Å². The van der Waals surface area contributed by atoms with Crippen LogP contribution in [-0.2, 0) is 0 Å². The molecule has 10 rings (SSSR count). The van der Waals surface area contributed by atoms with Gasteiger partial charge in [0.25, 0.3) is 0 Å². The molecule has 10 aromatic rings. The lowest BCUT2D eigenvalue weighted by molar-refractivity contribution is 1.60. The highest BCUT2D eigenvalue weighted by molar-refractivity contribution is 6.08. The molecule has 52 heavy (non-hydrogen) atoms. The normalized spacial score (nSPS) is 11.5. The van der Waals surface area contributed by atoms with E-state index in [9.17, 15) is 0 Å². The van der Waals surface area contributed by atoms with Crippen LogP contribution in [0, 0.1) is 0 Å². The Hall–Kier alpha value is -6.76. The van der Waals surface area contributed by atoms with Crippen LogP contribution in [-0.4, -0.2) is 0 Å². The minimum Gasteiger partial charge on any atom is -0.0622 e. The summed E-state index contributed by atoms with van der Waals surface area (Å²) in [6.45, 7) is 0. The van der Waals surface area contributed by atoms with Gasteiger partial charge in [-0.05, 0) is 129 Å². The van der Waals surface area contributed by atoms with E-state index in [1.165, 1.54) is 98.7 Å². The third-order valence-electron chi connectivity index (χ3n) is 10.6. The molecule has 0 amide bonds. The quantitative estimate of drug-likeness (QED) is 0.161. The first kappa shape index (κ1) is 30.1. The fourth-order valence-electron chi connectivity index (χ4n) is 7.74. The van der Waals surface area contributed by atoms with Crippen LogP contribution in [0.15, 0.2) is 206 Å². The van der Waals surface area contributed by atoms with Crippen LogP contribution in [0.2, 0.25) is 0 Å². The van der Waals surface area contributed by atoms with E-state index in [0.717, 1.165) is 0 Å². The van der Waals surface area contributed by atoms with Gasteiger partial charge >= 0.3 is 0 Å². The van der Waals surface area contributed by atoms with Crippen LogP contribution >= 0.6 is 0 Å². The van der Waals surface area contributed by atoms with Gasteiger partial charge in [-0.1, -0.05) is 176 Å². The first-order chi connectivity index (χ1) is 25.7. The summed E-state index contributed by atoms with van der Waals surface area (Å²) < 4.78 is 0. The Morgan fingerprint density at radius 2 is 0.442 bits per heavy atom. The van der Waals surface area contributed by atoms with E-state index in [0.29, 0.717) is 0 Å². The lowest BCUT2D eigenvalue weighted by Crippen LogP contribution is -1.84. The van der Waals surface area contributed by atoms with Crippen molar-refractivity contribution < 1.29 is 0 Å². The molecule has 0 aromatic heterocycles. The maximum absolute atomic E-state index is 2.31. The molecule has 0 nitrogen and oxygen atoms in total. The van der Waals surface area contributed by atoms with Crippen molar-refractivity contribution in [2.75, 3.05) is 0 Å². The molecule has 0 radical (unpaired) electrons. The van der Waals surface area contributed by atoms with E-state index in [2.05, 4.69) is 206 Å². The van der Waals surface area contributed by atoms with Gasteiger partial charge < -0.3 is 0 Å². The molecule has 0 saturated carbocycles. The monoisotopic (exact) mass is 658 g/mol. The van der Waals surface area contributed by atoms with Gasteiger partial charge in [-0.3, -0.25) is 0 Å². The van der Waals surface area contributed by atoms with Crippen molar-refractivity contribution in [1.82, 2.24) is 0 Å². The fraction of sp³-hybridized carbons (Fsp3) is 0. The molecule has 0 unspecified atom stereocenters. The standard InChI is InChI=1S/C52H34/c1-2-6-35(7-3-1)41-19-23-47-31-42(20-24-46(47)30-41)36-10-12-37(13-11-36)43-21-25-49-33-44(22-26-48(49)32-43)38-14-16-39(17-15-38)45-28-29-52-50(34-45)27-18-40-8-4-5-9-51(40)52/h1-34H. The largest absolute Gasteiger partial charge is 0.0622 e. The Labute approximate surface area is 303 Å². The summed E-state index contributed by atoms with van der Waals surface area (Å²) in [5, 5.41) is 10.2. The smallest absolute Gasteiger partial charge is 0.0105 e. The van der Waals surface area contributed by atoms with Crippen molar-refractivity contribution >= 4 is 43.1 Å². The molecule has 0 heteroatoms. The summed E-state index contributed by atoms with van der Waals surface area (Å²) in [4.78, 5) is 0.